The van der Waals surface area contributed by atoms with Crippen molar-refractivity contribution in [3.05, 3.63) is 41.7 Å². The van der Waals surface area contributed by atoms with Gasteiger partial charge in [0.15, 0.2) is 0 Å². The molecular formula is C20H27N5O. The number of hydrogen-bond acceptors (Lipinski definition) is 6. The summed E-state index contributed by atoms with van der Waals surface area (Å²) >= 11 is 0. The van der Waals surface area contributed by atoms with Crippen LogP contribution in [0.25, 0.3) is 0 Å². The quantitative estimate of drug-likeness (QED) is 0.892. The summed E-state index contributed by atoms with van der Waals surface area (Å²) in [5.74, 6) is 2.68. The van der Waals surface area contributed by atoms with E-state index in [4.69, 9.17) is 9.72 Å². The molecule has 1 aromatic heterocycles. The third-order valence-electron chi connectivity index (χ3n) is 5.12. The van der Waals surface area contributed by atoms with Crippen LogP contribution in [-0.2, 0) is 11.2 Å². The second kappa shape index (κ2) is 7.60. The van der Waals surface area contributed by atoms with Gasteiger partial charge < -0.3 is 15.0 Å². The number of ether oxygens (including phenoxy) is 1. The van der Waals surface area contributed by atoms with Crippen molar-refractivity contribution in [1.29, 1.82) is 0 Å². The molecule has 0 radical (unpaired) electrons. The molecule has 1 fully saturated rings. The van der Waals surface area contributed by atoms with E-state index in [2.05, 4.69) is 57.4 Å². The third-order valence-corrected chi connectivity index (χ3v) is 5.12. The van der Waals surface area contributed by atoms with Gasteiger partial charge in [0, 0.05) is 44.0 Å². The van der Waals surface area contributed by atoms with Crippen molar-refractivity contribution in [1.82, 2.24) is 14.9 Å². The van der Waals surface area contributed by atoms with Gasteiger partial charge in [0.25, 0.3) is 0 Å². The number of nitrogens with zero attached hydrogens (tertiary/aromatic N) is 4. The van der Waals surface area contributed by atoms with E-state index in [0.29, 0.717) is 6.04 Å². The molecule has 1 atom stereocenters. The SMILES string of the molecule is Cc1nc(NCCN2CCOCC2)cc(N2c3ccccc3CC2C)n1. The first-order chi connectivity index (χ1) is 12.7. The third kappa shape index (κ3) is 3.66. The lowest BCUT2D eigenvalue weighted by Crippen LogP contribution is -2.39. The topological polar surface area (TPSA) is 53.5 Å². The molecule has 0 saturated carbocycles. The van der Waals surface area contributed by atoms with E-state index in [-0.39, 0.29) is 0 Å². The van der Waals surface area contributed by atoms with Gasteiger partial charge in [0.1, 0.15) is 17.5 Å². The molecule has 6 heteroatoms. The number of para-hydroxylation sites is 1. The van der Waals surface area contributed by atoms with Crippen LogP contribution in [0.3, 0.4) is 0 Å². The minimum absolute atomic E-state index is 0.405. The summed E-state index contributed by atoms with van der Waals surface area (Å²) in [5, 5.41) is 3.48. The summed E-state index contributed by atoms with van der Waals surface area (Å²) in [5.41, 5.74) is 2.65. The maximum absolute atomic E-state index is 5.40. The zero-order valence-electron chi connectivity index (χ0n) is 15.6. The maximum Gasteiger partial charge on any atom is 0.139 e. The molecule has 1 unspecified atom stereocenters. The molecule has 0 bridgehead atoms. The van der Waals surface area contributed by atoms with Crippen LogP contribution in [-0.4, -0.2) is 60.3 Å². The molecule has 0 aliphatic carbocycles. The molecule has 138 valence electrons. The van der Waals surface area contributed by atoms with Crippen LogP contribution in [0.4, 0.5) is 17.3 Å². The van der Waals surface area contributed by atoms with Crippen molar-refractivity contribution in [3.63, 3.8) is 0 Å². The van der Waals surface area contributed by atoms with Gasteiger partial charge in [-0.05, 0) is 31.9 Å². The van der Waals surface area contributed by atoms with E-state index >= 15 is 0 Å². The summed E-state index contributed by atoms with van der Waals surface area (Å²) < 4.78 is 5.40. The van der Waals surface area contributed by atoms with Crippen LogP contribution in [0.15, 0.2) is 30.3 Å². The number of aromatic nitrogens is 2. The number of hydrogen-bond donors (Lipinski definition) is 1. The molecule has 6 nitrogen and oxygen atoms in total. The fraction of sp³-hybridized carbons (Fsp3) is 0.500. The molecule has 3 heterocycles. The highest BCUT2D eigenvalue weighted by Gasteiger charge is 2.28. The predicted octanol–water partition coefficient (Wildman–Crippen LogP) is 2.61. The van der Waals surface area contributed by atoms with Crippen molar-refractivity contribution in [2.75, 3.05) is 49.6 Å². The number of fused-ring (bicyclic) bond motifs is 1. The van der Waals surface area contributed by atoms with Gasteiger partial charge in [-0.2, -0.15) is 0 Å². The Balaban J connectivity index is 1.48. The monoisotopic (exact) mass is 353 g/mol. The fourth-order valence-electron chi connectivity index (χ4n) is 3.85. The van der Waals surface area contributed by atoms with Gasteiger partial charge in [-0.3, -0.25) is 4.90 Å². The van der Waals surface area contributed by atoms with Gasteiger partial charge in [-0.25, -0.2) is 9.97 Å². The second-order valence-electron chi connectivity index (χ2n) is 7.09. The zero-order valence-corrected chi connectivity index (χ0v) is 15.6. The van der Waals surface area contributed by atoms with Gasteiger partial charge in [0.2, 0.25) is 0 Å². The standard InChI is InChI=1S/C20H27N5O/c1-15-13-17-5-3-4-6-18(17)25(15)20-14-19(22-16(2)23-20)21-7-8-24-9-11-26-12-10-24/h3-6,14-15H,7-13H2,1-2H3,(H,21,22,23). The van der Waals surface area contributed by atoms with Crippen LogP contribution in [0.2, 0.25) is 0 Å². The van der Waals surface area contributed by atoms with E-state index in [1.165, 1.54) is 11.3 Å². The molecule has 2 aromatic rings. The Morgan fingerprint density at radius 3 is 2.85 bits per heavy atom. The van der Waals surface area contributed by atoms with Crippen molar-refractivity contribution < 1.29 is 4.74 Å². The molecular weight excluding hydrogens is 326 g/mol. The van der Waals surface area contributed by atoms with Crippen molar-refractivity contribution >= 4 is 17.3 Å². The Bertz CT molecular complexity index is 760. The van der Waals surface area contributed by atoms with E-state index in [1.807, 2.05) is 6.92 Å². The Kier molecular flexibility index (Phi) is 5.04. The number of anilines is 3. The molecule has 2 aliphatic heterocycles. The summed E-state index contributed by atoms with van der Waals surface area (Å²) in [6, 6.07) is 11.1. The lowest BCUT2D eigenvalue weighted by atomic mass is 10.1. The summed E-state index contributed by atoms with van der Waals surface area (Å²) in [4.78, 5) is 14.0. The van der Waals surface area contributed by atoms with Crippen LogP contribution in [0.5, 0.6) is 0 Å². The van der Waals surface area contributed by atoms with Crippen molar-refractivity contribution in [3.8, 4) is 0 Å². The molecule has 4 rings (SSSR count). The molecule has 0 spiro atoms. The largest absolute Gasteiger partial charge is 0.379 e. The minimum atomic E-state index is 0.405. The Hall–Kier alpha value is -2.18. The van der Waals surface area contributed by atoms with Crippen LogP contribution in [0.1, 0.15) is 18.3 Å². The number of rotatable bonds is 5. The van der Waals surface area contributed by atoms with Gasteiger partial charge in [0.05, 0.1) is 13.2 Å². The van der Waals surface area contributed by atoms with E-state index in [0.717, 1.165) is 63.3 Å². The van der Waals surface area contributed by atoms with Crippen LogP contribution in [0, 0.1) is 6.92 Å². The van der Waals surface area contributed by atoms with Gasteiger partial charge >= 0.3 is 0 Å². The highest BCUT2D eigenvalue weighted by molar-refractivity contribution is 5.70. The Morgan fingerprint density at radius 2 is 2.00 bits per heavy atom. The average molecular weight is 353 g/mol. The van der Waals surface area contributed by atoms with Crippen molar-refractivity contribution in [2.45, 2.75) is 26.3 Å². The highest BCUT2D eigenvalue weighted by atomic mass is 16.5. The predicted molar refractivity (Wildman–Crippen MR) is 104 cm³/mol. The fourth-order valence-corrected chi connectivity index (χ4v) is 3.85. The number of benzene rings is 1. The first-order valence-corrected chi connectivity index (χ1v) is 9.47. The first-order valence-electron chi connectivity index (χ1n) is 9.47. The van der Waals surface area contributed by atoms with Gasteiger partial charge in [-0.15, -0.1) is 0 Å². The molecule has 2 aliphatic rings. The number of morpholine rings is 1. The first kappa shape index (κ1) is 17.2. The van der Waals surface area contributed by atoms with Crippen LogP contribution >= 0.6 is 0 Å². The molecule has 0 amide bonds. The molecule has 1 N–H and O–H groups in total. The zero-order chi connectivity index (χ0) is 17.9. The van der Waals surface area contributed by atoms with Crippen molar-refractivity contribution in [2.24, 2.45) is 0 Å². The Morgan fingerprint density at radius 1 is 1.19 bits per heavy atom. The summed E-state index contributed by atoms with van der Waals surface area (Å²) in [6.45, 7) is 9.79. The van der Waals surface area contributed by atoms with E-state index < -0.39 is 0 Å². The normalized spacial score (nSPS) is 20.2. The smallest absolute Gasteiger partial charge is 0.139 e. The number of nitrogens with one attached hydrogen (secondary N) is 1. The van der Waals surface area contributed by atoms with Gasteiger partial charge in [-0.1, -0.05) is 18.2 Å². The minimum Gasteiger partial charge on any atom is -0.379 e. The Labute approximate surface area is 155 Å². The summed E-state index contributed by atoms with van der Waals surface area (Å²) in [7, 11) is 0. The lowest BCUT2D eigenvalue weighted by Gasteiger charge is -2.27. The highest BCUT2D eigenvalue weighted by Crippen LogP contribution is 2.37. The maximum atomic E-state index is 5.40. The average Bonchev–Trinajstić information content (AvgIpc) is 2.98. The molecule has 1 saturated heterocycles. The lowest BCUT2D eigenvalue weighted by molar-refractivity contribution is 0.0398. The number of aryl methyl sites for hydroxylation is 1. The van der Waals surface area contributed by atoms with E-state index in [9.17, 15) is 0 Å². The summed E-state index contributed by atoms with van der Waals surface area (Å²) in [6.07, 6.45) is 1.05. The molecule has 1 aromatic carbocycles. The second-order valence-corrected chi connectivity index (χ2v) is 7.09. The van der Waals surface area contributed by atoms with E-state index in [1.54, 1.807) is 0 Å². The van der Waals surface area contributed by atoms with Crippen LogP contribution < -0.4 is 10.2 Å². The molecule has 26 heavy (non-hydrogen) atoms.